The fraction of sp³-hybridized carbons (Fsp3) is 0. The van der Waals surface area contributed by atoms with Crippen molar-refractivity contribution in [3.05, 3.63) is 68.7 Å². The molecule has 3 aromatic rings. The summed E-state index contributed by atoms with van der Waals surface area (Å²) in [6.07, 6.45) is 1.30. The van der Waals surface area contributed by atoms with Crippen LogP contribution in [0, 0.1) is 10.6 Å². The lowest BCUT2D eigenvalue weighted by atomic mass is 10.2. The fourth-order valence-corrected chi connectivity index (χ4v) is 2.54. The summed E-state index contributed by atoms with van der Waals surface area (Å²) in [5.74, 6) is -0.0122. The minimum absolute atomic E-state index is 0.175. The number of aromatic nitrogens is 3. The third kappa shape index (κ3) is 3.34. The molecule has 4 nitrogen and oxygen atoms in total. The lowest BCUT2D eigenvalue weighted by molar-refractivity contribution is 0.625. The molecule has 0 unspecified atom stereocenters. The average molecular weight is 367 g/mol. The lowest BCUT2D eigenvalue weighted by Crippen LogP contribution is -1.97. The molecule has 0 saturated heterocycles. The van der Waals surface area contributed by atoms with Crippen molar-refractivity contribution in [1.29, 1.82) is 0 Å². The summed E-state index contributed by atoms with van der Waals surface area (Å²) in [5.41, 5.74) is 0.899. The third-order valence-corrected chi connectivity index (χ3v) is 3.86. The van der Waals surface area contributed by atoms with Gasteiger partial charge >= 0.3 is 0 Å². The third-order valence-electron chi connectivity index (χ3n) is 3.04. The number of hydrogen-bond acceptors (Lipinski definition) is 3. The normalized spacial score (nSPS) is 11.3. The largest absolute Gasteiger partial charge is 0.250 e. The van der Waals surface area contributed by atoms with Crippen LogP contribution < -0.4 is 0 Å². The highest BCUT2D eigenvalue weighted by Gasteiger charge is 2.09. The Labute approximate surface area is 146 Å². The van der Waals surface area contributed by atoms with Gasteiger partial charge in [-0.2, -0.15) is 14.9 Å². The maximum Gasteiger partial charge on any atom is 0.216 e. The summed E-state index contributed by atoms with van der Waals surface area (Å²) < 4.78 is 15.5. The maximum atomic E-state index is 13.8. The van der Waals surface area contributed by atoms with Crippen LogP contribution >= 0.6 is 35.4 Å². The molecule has 0 atom stereocenters. The van der Waals surface area contributed by atoms with E-state index >= 15 is 0 Å². The highest BCUT2D eigenvalue weighted by molar-refractivity contribution is 7.71. The van der Waals surface area contributed by atoms with Gasteiger partial charge in [-0.25, -0.2) is 9.49 Å². The maximum absolute atomic E-state index is 13.8. The molecule has 8 heteroatoms. The first kappa shape index (κ1) is 15.9. The van der Waals surface area contributed by atoms with E-state index in [9.17, 15) is 4.39 Å². The number of H-pyrrole nitrogens is 1. The van der Waals surface area contributed by atoms with E-state index in [0.29, 0.717) is 10.8 Å². The van der Waals surface area contributed by atoms with Crippen LogP contribution in [0.5, 0.6) is 0 Å². The van der Waals surface area contributed by atoms with Crippen molar-refractivity contribution in [2.75, 3.05) is 0 Å². The number of hydrogen-bond donors (Lipinski definition) is 1. The molecule has 2 aromatic carbocycles. The molecular formula is C15H9Cl2FN4S. The molecule has 3 rings (SSSR count). The number of aromatic amines is 1. The van der Waals surface area contributed by atoms with Crippen molar-refractivity contribution in [3.8, 4) is 11.4 Å². The number of nitrogens with zero attached hydrogens (tertiary/aromatic N) is 3. The Hall–Kier alpha value is -2.02. The van der Waals surface area contributed by atoms with Crippen LogP contribution in [0.1, 0.15) is 5.56 Å². The van der Waals surface area contributed by atoms with E-state index in [1.807, 2.05) is 6.07 Å². The smallest absolute Gasteiger partial charge is 0.216 e. The molecule has 0 aliphatic rings. The van der Waals surface area contributed by atoms with E-state index in [-0.39, 0.29) is 15.4 Å². The van der Waals surface area contributed by atoms with E-state index in [1.54, 1.807) is 24.3 Å². The molecule has 0 radical (unpaired) electrons. The first-order valence-corrected chi connectivity index (χ1v) is 7.64. The van der Waals surface area contributed by atoms with E-state index in [4.69, 9.17) is 35.4 Å². The predicted molar refractivity (Wildman–Crippen MR) is 92.3 cm³/mol. The molecular weight excluding hydrogens is 358 g/mol. The summed E-state index contributed by atoms with van der Waals surface area (Å²) in [6, 6.07) is 11.5. The van der Waals surface area contributed by atoms with E-state index < -0.39 is 5.82 Å². The number of benzene rings is 2. The second kappa shape index (κ2) is 6.62. The lowest BCUT2D eigenvalue weighted by Gasteiger charge is -2.02. The highest BCUT2D eigenvalue weighted by atomic mass is 35.5. The number of rotatable bonds is 3. The molecule has 0 aliphatic carbocycles. The van der Waals surface area contributed by atoms with Gasteiger partial charge in [-0.05, 0) is 36.5 Å². The van der Waals surface area contributed by atoms with Crippen LogP contribution in [-0.4, -0.2) is 21.1 Å². The van der Waals surface area contributed by atoms with Crippen LogP contribution in [0.25, 0.3) is 11.4 Å². The minimum atomic E-state index is -0.472. The summed E-state index contributed by atoms with van der Waals surface area (Å²) in [5, 5.41) is 11.8. The molecule has 1 heterocycles. The Morgan fingerprint density at radius 3 is 2.74 bits per heavy atom. The van der Waals surface area contributed by atoms with Crippen molar-refractivity contribution < 1.29 is 4.39 Å². The van der Waals surface area contributed by atoms with E-state index in [2.05, 4.69) is 15.3 Å². The fourth-order valence-electron chi connectivity index (χ4n) is 1.96. The topological polar surface area (TPSA) is 46.0 Å². The molecule has 0 aliphatic heterocycles. The Bertz CT molecular complexity index is 928. The van der Waals surface area contributed by atoms with Gasteiger partial charge in [0.15, 0.2) is 5.82 Å². The molecule has 0 bridgehead atoms. The van der Waals surface area contributed by atoms with Gasteiger partial charge in [0.2, 0.25) is 4.77 Å². The SMILES string of the molecule is Fc1cccc(Cl)c1/C=N/n1c(-c2cccc(Cl)c2)n[nH]c1=S. The highest BCUT2D eigenvalue weighted by Crippen LogP contribution is 2.22. The van der Waals surface area contributed by atoms with Gasteiger partial charge in [-0.15, -0.1) is 0 Å². The first-order valence-electron chi connectivity index (χ1n) is 6.48. The molecule has 0 fully saturated rings. The number of halogens is 3. The zero-order chi connectivity index (χ0) is 16.4. The van der Waals surface area contributed by atoms with Gasteiger partial charge in [-0.1, -0.05) is 41.4 Å². The molecule has 23 heavy (non-hydrogen) atoms. The van der Waals surface area contributed by atoms with Crippen LogP contribution in [0.4, 0.5) is 4.39 Å². The first-order chi connectivity index (χ1) is 11.1. The second-order valence-corrected chi connectivity index (χ2v) is 5.78. The van der Waals surface area contributed by atoms with Crippen LogP contribution in [0.3, 0.4) is 0 Å². The quantitative estimate of drug-likeness (QED) is 0.527. The second-order valence-electron chi connectivity index (χ2n) is 4.55. The molecule has 116 valence electrons. The van der Waals surface area contributed by atoms with Gasteiger partial charge < -0.3 is 0 Å². The van der Waals surface area contributed by atoms with Crippen molar-refractivity contribution in [2.45, 2.75) is 0 Å². The Balaban J connectivity index is 2.06. The molecule has 1 N–H and O–H groups in total. The summed E-state index contributed by atoms with van der Waals surface area (Å²) >= 11 is 17.1. The van der Waals surface area contributed by atoms with E-state index in [1.165, 1.54) is 23.0 Å². The minimum Gasteiger partial charge on any atom is -0.250 e. The van der Waals surface area contributed by atoms with E-state index in [0.717, 1.165) is 5.56 Å². The molecule has 0 amide bonds. The van der Waals surface area contributed by atoms with Crippen molar-refractivity contribution in [1.82, 2.24) is 14.9 Å². The van der Waals surface area contributed by atoms with Crippen molar-refractivity contribution in [3.63, 3.8) is 0 Å². The van der Waals surface area contributed by atoms with Gasteiger partial charge in [0.05, 0.1) is 11.2 Å². The van der Waals surface area contributed by atoms with Crippen LogP contribution in [-0.2, 0) is 0 Å². The molecule has 0 spiro atoms. The average Bonchev–Trinajstić information content (AvgIpc) is 2.88. The Kier molecular flexibility index (Phi) is 4.56. The van der Waals surface area contributed by atoms with Crippen LogP contribution in [0.2, 0.25) is 10.0 Å². The monoisotopic (exact) mass is 366 g/mol. The van der Waals surface area contributed by atoms with Gasteiger partial charge in [0, 0.05) is 16.1 Å². The van der Waals surface area contributed by atoms with Gasteiger partial charge in [-0.3, -0.25) is 0 Å². The molecule has 0 saturated carbocycles. The number of nitrogens with one attached hydrogen (secondary N) is 1. The Morgan fingerprint density at radius 1 is 1.22 bits per heavy atom. The molecule has 1 aromatic heterocycles. The summed E-state index contributed by atoms with van der Waals surface area (Å²) in [4.78, 5) is 0. The van der Waals surface area contributed by atoms with Crippen molar-refractivity contribution in [2.24, 2.45) is 5.10 Å². The Morgan fingerprint density at radius 2 is 2.00 bits per heavy atom. The standard InChI is InChI=1S/C15H9Cl2FN4S/c16-10-4-1-3-9(7-10)14-20-21-15(23)22(14)19-8-11-12(17)5-2-6-13(11)18/h1-8H,(H,21,23)/b19-8+. The van der Waals surface area contributed by atoms with Crippen molar-refractivity contribution >= 4 is 41.6 Å². The summed E-state index contributed by atoms with van der Waals surface area (Å²) in [7, 11) is 0. The van der Waals surface area contributed by atoms with Gasteiger partial charge in [0.1, 0.15) is 5.82 Å². The summed E-state index contributed by atoms with van der Waals surface area (Å²) in [6.45, 7) is 0. The zero-order valence-electron chi connectivity index (χ0n) is 11.5. The van der Waals surface area contributed by atoms with Gasteiger partial charge in [0.25, 0.3) is 0 Å². The predicted octanol–water partition coefficient (Wildman–Crippen LogP) is 4.94. The van der Waals surface area contributed by atoms with Crippen LogP contribution in [0.15, 0.2) is 47.6 Å². The zero-order valence-corrected chi connectivity index (χ0v) is 13.8.